The maximum Gasteiger partial charge on any atom is 0.0296 e. The zero-order valence-corrected chi connectivity index (χ0v) is 12.4. The second kappa shape index (κ2) is 5.74. The molecule has 0 aliphatic carbocycles. The molecule has 0 radical (unpaired) electrons. The number of aryl methyl sites for hydroxylation is 1. The highest BCUT2D eigenvalue weighted by atomic mass is 79.9. The molecular formula is C15H15BrS. The Labute approximate surface area is 116 Å². The second-order valence-corrected chi connectivity index (χ2v) is 5.48. The summed E-state index contributed by atoms with van der Waals surface area (Å²) in [4.78, 5) is 1.32. The van der Waals surface area contributed by atoms with E-state index in [2.05, 4.69) is 71.6 Å². The number of halogens is 1. The molecular weight excluding hydrogens is 292 g/mol. The normalized spacial score (nSPS) is 10.5. The molecule has 0 amide bonds. The molecule has 0 nitrogen and oxygen atoms in total. The smallest absolute Gasteiger partial charge is 0.0296 e. The van der Waals surface area contributed by atoms with Gasteiger partial charge in [-0.2, -0.15) is 0 Å². The third-order valence-electron chi connectivity index (χ3n) is 2.85. The lowest BCUT2D eigenvalue weighted by atomic mass is 10.0. The van der Waals surface area contributed by atoms with Crippen LogP contribution in [0.2, 0.25) is 0 Å². The van der Waals surface area contributed by atoms with E-state index in [1.165, 1.54) is 26.1 Å². The third-order valence-corrected chi connectivity index (χ3v) is 4.53. The van der Waals surface area contributed by atoms with E-state index in [0.29, 0.717) is 0 Å². The number of hydrogen-bond donors (Lipinski definition) is 0. The summed E-state index contributed by atoms with van der Waals surface area (Å²) in [6.07, 6.45) is 3.18. The predicted molar refractivity (Wildman–Crippen MR) is 80.7 cm³/mol. The van der Waals surface area contributed by atoms with Gasteiger partial charge in [-0.15, -0.1) is 11.8 Å². The number of thioether (sulfide) groups is 1. The summed E-state index contributed by atoms with van der Waals surface area (Å²) in [5.41, 5.74) is 3.96. The Kier molecular flexibility index (Phi) is 4.30. The van der Waals surface area contributed by atoms with Gasteiger partial charge in [-0.1, -0.05) is 43.3 Å². The molecule has 0 unspecified atom stereocenters. The van der Waals surface area contributed by atoms with Crippen molar-refractivity contribution in [1.82, 2.24) is 0 Å². The average molecular weight is 307 g/mol. The van der Waals surface area contributed by atoms with Crippen LogP contribution in [0.15, 0.2) is 51.8 Å². The van der Waals surface area contributed by atoms with Crippen LogP contribution in [0.1, 0.15) is 12.5 Å². The lowest BCUT2D eigenvalue weighted by Crippen LogP contribution is -1.90. The summed E-state index contributed by atoms with van der Waals surface area (Å²) in [6.45, 7) is 2.19. The van der Waals surface area contributed by atoms with E-state index in [4.69, 9.17) is 0 Å². The van der Waals surface area contributed by atoms with Crippen molar-refractivity contribution < 1.29 is 0 Å². The molecule has 2 heteroatoms. The minimum Gasteiger partial charge on any atom is -0.129 e. The molecule has 0 spiro atoms. The minimum atomic E-state index is 1.05. The Morgan fingerprint density at radius 3 is 2.35 bits per heavy atom. The number of hydrogen-bond acceptors (Lipinski definition) is 1. The van der Waals surface area contributed by atoms with Gasteiger partial charge in [0, 0.05) is 14.9 Å². The maximum absolute atomic E-state index is 3.76. The third kappa shape index (κ3) is 2.58. The van der Waals surface area contributed by atoms with E-state index in [9.17, 15) is 0 Å². The van der Waals surface area contributed by atoms with Gasteiger partial charge in [0.05, 0.1) is 0 Å². The van der Waals surface area contributed by atoms with Crippen LogP contribution in [-0.2, 0) is 6.42 Å². The summed E-state index contributed by atoms with van der Waals surface area (Å²) in [6, 6.07) is 15.0. The summed E-state index contributed by atoms with van der Waals surface area (Å²) >= 11 is 5.55. The van der Waals surface area contributed by atoms with Crippen molar-refractivity contribution >= 4 is 27.7 Å². The van der Waals surface area contributed by atoms with Gasteiger partial charge in [0.15, 0.2) is 0 Å². The standard InChI is InChI=1S/C15H15BrS/c1-3-11-9-10-13(17-2)14(15(11)16)12-7-5-4-6-8-12/h4-10H,3H2,1-2H3. The first-order valence-electron chi connectivity index (χ1n) is 5.68. The molecule has 0 atom stereocenters. The Balaban J connectivity index is 2.66. The first kappa shape index (κ1) is 12.7. The summed E-state index contributed by atoms with van der Waals surface area (Å²) in [7, 11) is 0. The zero-order valence-electron chi connectivity index (χ0n) is 10.0. The van der Waals surface area contributed by atoms with Crippen molar-refractivity contribution in [3.8, 4) is 11.1 Å². The van der Waals surface area contributed by atoms with Crippen LogP contribution in [-0.4, -0.2) is 6.26 Å². The molecule has 0 fully saturated rings. The Morgan fingerprint density at radius 1 is 1.06 bits per heavy atom. The van der Waals surface area contributed by atoms with Crippen molar-refractivity contribution in [3.05, 3.63) is 52.5 Å². The Bertz CT molecular complexity index is 506. The highest BCUT2D eigenvalue weighted by Gasteiger charge is 2.11. The monoisotopic (exact) mass is 306 g/mol. The largest absolute Gasteiger partial charge is 0.129 e. The Morgan fingerprint density at radius 2 is 1.76 bits per heavy atom. The molecule has 2 aromatic carbocycles. The highest BCUT2D eigenvalue weighted by Crippen LogP contribution is 2.38. The van der Waals surface area contributed by atoms with Gasteiger partial charge in [-0.05, 0) is 45.8 Å². The highest BCUT2D eigenvalue weighted by molar-refractivity contribution is 9.10. The van der Waals surface area contributed by atoms with Gasteiger partial charge in [0.25, 0.3) is 0 Å². The zero-order chi connectivity index (χ0) is 12.3. The molecule has 0 N–H and O–H groups in total. The van der Waals surface area contributed by atoms with Crippen LogP contribution in [0, 0.1) is 0 Å². The van der Waals surface area contributed by atoms with Crippen LogP contribution in [0.5, 0.6) is 0 Å². The van der Waals surface area contributed by atoms with Crippen LogP contribution in [0.3, 0.4) is 0 Å². The van der Waals surface area contributed by atoms with E-state index >= 15 is 0 Å². The predicted octanol–water partition coefficient (Wildman–Crippen LogP) is 5.40. The van der Waals surface area contributed by atoms with Crippen molar-refractivity contribution in [2.45, 2.75) is 18.2 Å². The van der Waals surface area contributed by atoms with Crippen molar-refractivity contribution in [1.29, 1.82) is 0 Å². The fourth-order valence-corrected chi connectivity index (χ4v) is 3.53. The maximum atomic E-state index is 3.76. The fraction of sp³-hybridized carbons (Fsp3) is 0.200. The molecule has 0 saturated heterocycles. The first-order chi connectivity index (χ1) is 8.27. The topological polar surface area (TPSA) is 0 Å². The van der Waals surface area contributed by atoms with Gasteiger partial charge in [0.1, 0.15) is 0 Å². The van der Waals surface area contributed by atoms with Crippen molar-refractivity contribution in [2.75, 3.05) is 6.26 Å². The molecule has 0 aromatic heterocycles. The molecule has 0 heterocycles. The van der Waals surface area contributed by atoms with Crippen LogP contribution in [0.25, 0.3) is 11.1 Å². The van der Waals surface area contributed by atoms with Crippen LogP contribution in [0.4, 0.5) is 0 Å². The Hall–Kier alpha value is -0.730. The van der Waals surface area contributed by atoms with E-state index in [0.717, 1.165) is 6.42 Å². The van der Waals surface area contributed by atoms with Gasteiger partial charge in [0.2, 0.25) is 0 Å². The molecule has 0 aliphatic rings. The molecule has 17 heavy (non-hydrogen) atoms. The SMILES string of the molecule is CCc1ccc(SC)c(-c2ccccc2)c1Br. The lowest BCUT2D eigenvalue weighted by molar-refractivity contribution is 1.12. The second-order valence-electron chi connectivity index (χ2n) is 3.84. The number of rotatable bonds is 3. The van der Waals surface area contributed by atoms with Crippen LogP contribution < -0.4 is 0 Å². The summed E-state index contributed by atoms with van der Waals surface area (Å²) in [5.74, 6) is 0. The quantitative estimate of drug-likeness (QED) is 0.684. The molecule has 88 valence electrons. The van der Waals surface area contributed by atoms with Crippen molar-refractivity contribution in [3.63, 3.8) is 0 Å². The average Bonchev–Trinajstić information content (AvgIpc) is 2.39. The fourth-order valence-electron chi connectivity index (χ4n) is 1.92. The van der Waals surface area contributed by atoms with Gasteiger partial charge in [-0.25, -0.2) is 0 Å². The van der Waals surface area contributed by atoms with Gasteiger partial charge in [-0.3, -0.25) is 0 Å². The molecule has 0 bridgehead atoms. The van der Waals surface area contributed by atoms with Gasteiger partial charge >= 0.3 is 0 Å². The van der Waals surface area contributed by atoms with E-state index in [-0.39, 0.29) is 0 Å². The number of benzene rings is 2. The minimum absolute atomic E-state index is 1.05. The van der Waals surface area contributed by atoms with Gasteiger partial charge < -0.3 is 0 Å². The van der Waals surface area contributed by atoms with Crippen molar-refractivity contribution in [2.24, 2.45) is 0 Å². The molecule has 2 rings (SSSR count). The first-order valence-corrected chi connectivity index (χ1v) is 7.70. The van der Waals surface area contributed by atoms with Crippen LogP contribution >= 0.6 is 27.7 Å². The molecule has 0 aliphatic heterocycles. The van der Waals surface area contributed by atoms with E-state index in [1.54, 1.807) is 11.8 Å². The van der Waals surface area contributed by atoms with E-state index < -0.39 is 0 Å². The molecule has 0 saturated carbocycles. The molecule has 2 aromatic rings. The lowest BCUT2D eigenvalue weighted by Gasteiger charge is -2.13. The summed E-state index contributed by atoms with van der Waals surface area (Å²) in [5, 5.41) is 0. The summed E-state index contributed by atoms with van der Waals surface area (Å²) < 4.78 is 1.23. The van der Waals surface area contributed by atoms with E-state index in [1.807, 2.05) is 0 Å².